The minimum absolute atomic E-state index is 0.115. The Morgan fingerprint density at radius 2 is 1.95 bits per heavy atom. The molecule has 0 saturated heterocycles. The number of hydrogen-bond acceptors (Lipinski definition) is 2. The standard InChI is InChI=1S/C16H15NO2/c1-3-10-9(2)8-12-11-6-4-5-7-13(11)17-16(19)14(12)15(10)18/h4-8,18H,3H2,1-2H3,(H,17,19). The van der Waals surface area contributed by atoms with E-state index < -0.39 is 0 Å². The molecule has 0 atom stereocenters. The minimum atomic E-state index is -0.235. The van der Waals surface area contributed by atoms with Crippen LogP contribution in [0, 0.1) is 6.92 Å². The van der Waals surface area contributed by atoms with Gasteiger partial charge in [0.25, 0.3) is 5.56 Å². The van der Waals surface area contributed by atoms with Crippen molar-refractivity contribution in [3.8, 4) is 5.75 Å². The van der Waals surface area contributed by atoms with E-state index in [1.165, 1.54) is 0 Å². The number of aromatic amines is 1. The lowest BCUT2D eigenvalue weighted by Gasteiger charge is -2.11. The fourth-order valence-corrected chi connectivity index (χ4v) is 2.74. The molecule has 3 nitrogen and oxygen atoms in total. The Hall–Kier alpha value is -2.29. The van der Waals surface area contributed by atoms with Gasteiger partial charge in [-0.3, -0.25) is 4.79 Å². The summed E-state index contributed by atoms with van der Waals surface area (Å²) in [5.74, 6) is 0.115. The van der Waals surface area contributed by atoms with Crippen molar-refractivity contribution in [3.05, 3.63) is 51.8 Å². The summed E-state index contributed by atoms with van der Waals surface area (Å²) in [4.78, 5) is 15.0. The Bertz CT molecular complexity index is 847. The molecule has 96 valence electrons. The summed E-state index contributed by atoms with van der Waals surface area (Å²) in [5.41, 5.74) is 2.42. The van der Waals surface area contributed by atoms with E-state index in [4.69, 9.17) is 0 Å². The Morgan fingerprint density at radius 1 is 1.21 bits per heavy atom. The van der Waals surface area contributed by atoms with Gasteiger partial charge in [-0.1, -0.05) is 31.2 Å². The predicted octanol–water partition coefficient (Wildman–Crippen LogP) is 3.26. The average molecular weight is 253 g/mol. The molecule has 0 amide bonds. The van der Waals surface area contributed by atoms with E-state index in [1.807, 2.05) is 44.2 Å². The van der Waals surface area contributed by atoms with E-state index >= 15 is 0 Å². The number of nitrogens with one attached hydrogen (secondary N) is 1. The molecule has 0 radical (unpaired) electrons. The molecular formula is C16H15NO2. The normalized spacial score (nSPS) is 11.3. The SMILES string of the molecule is CCc1c(C)cc2c(c1O)c(=O)[nH]c1ccccc12. The van der Waals surface area contributed by atoms with Gasteiger partial charge in [-0.2, -0.15) is 0 Å². The van der Waals surface area contributed by atoms with Crippen LogP contribution in [0.25, 0.3) is 21.7 Å². The Kier molecular flexibility index (Phi) is 2.56. The predicted molar refractivity (Wildman–Crippen MR) is 77.9 cm³/mol. The van der Waals surface area contributed by atoms with Crippen molar-refractivity contribution in [3.63, 3.8) is 0 Å². The maximum Gasteiger partial charge on any atom is 0.260 e. The molecule has 0 aliphatic heterocycles. The van der Waals surface area contributed by atoms with Gasteiger partial charge in [-0.05, 0) is 30.5 Å². The van der Waals surface area contributed by atoms with Gasteiger partial charge in [0.15, 0.2) is 0 Å². The van der Waals surface area contributed by atoms with Crippen molar-refractivity contribution in [1.82, 2.24) is 4.98 Å². The number of aromatic nitrogens is 1. The molecule has 1 aromatic heterocycles. The van der Waals surface area contributed by atoms with Crippen molar-refractivity contribution in [1.29, 1.82) is 0 Å². The van der Waals surface area contributed by atoms with Gasteiger partial charge in [0.2, 0.25) is 0 Å². The van der Waals surface area contributed by atoms with Crippen LogP contribution in [0.3, 0.4) is 0 Å². The van der Waals surface area contributed by atoms with E-state index in [2.05, 4.69) is 4.98 Å². The van der Waals surface area contributed by atoms with Crippen molar-refractivity contribution in [2.24, 2.45) is 0 Å². The molecule has 2 aromatic carbocycles. The number of aromatic hydroxyl groups is 1. The van der Waals surface area contributed by atoms with Gasteiger partial charge in [0.05, 0.1) is 5.39 Å². The quantitative estimate of drug-likeness (QED) is 0.654. The van der Waals surface area contributed by atoms with Crippen molar-refractivity contribution >= 4 is 21.7 Å². The topological polar surface area (TPSA) is 53.1 Å². The number of rotatable bonds is 1. The number of pyridine rings is 1. The molecule has 19 heavy (non-hydrogen) atoms. The monoisotopic (exact) mass is 253 g/mol. The smallest absolute Gasteiger partial charge is 0.260 e. The lowest BCUT2D eigenvalue weighted by atomic mass is 9.97. The molecule has 0 bridgehead atoms. The zero-order valence-corrected chi connectivity index (χ0v) is 10.9. The number of para-hydroxylation sites is 1. The minimum Gasteiger partial charge on any atom is -0.507 e. The van der Waals surface area contributed by atoms with Crippen LogP contribution in [0.15, 0.2) is 35.1 Å². The van der Waals surface area contributed by atoms with E-state index in [-0.39, 0.29) is 11.3 Å². The maximum atomic E-state index is 12.2. The van der Waals surface area contributed by atoms with Gasteiger partial charge in [0.1, 0.15) is 5.75 Å². The molecule has 3 heteroatoms. The Labute approximate surface area is 110 Å². The first kappa shape index (κ1) is 11.8. The van der Waals surface area contributed by atoms with Crippen LogP contribution in [-0.4, -0.2) is 10.1 Å². The van der Waals surface area contributed by atoms with Gasteiger partial charge in [0, 0.05) is 16.3 Å². The molecule has 0 saturated carbocycles. The summed E-state index contributed by atoms with van der Waals surface area (Å²) >= 11 is 0. The number of benzene rings is 2. The highest BCUT2D eigenvalue weighted by atomic mass is 16.3. The van der Waals surface area contributed by atoms with Crippen LogP contribution >= 0.6 is 0 Å². The summed E-state index contributed by atoms with van der Waals surface area (Å²) in [6.45, 7) is 3.94. The first-order valence-corrected chi connectivity index (χ1v) is 6.39. The van der Waals surface area contributed by atoms with Crippen LogP contribution < -0.4 is 5.56 Å². The number of H-pyrrole nitrogens is 1. The summed E-state index contributed by atoms with van der Waals surface area (Å²) < 4.78 is 0. The third kappa shape index (κ3) is 1.62. The third-order valence-corrected chi connectivity index (χ3v) is 3.67. The van der Waals surface area contributed by atoms with Crippen LogP contribution in [0.5, 0.6) is 5.75 Å². The molecule has 3 rings (SSSR count). The molecule has 0 spiro atoms. The highest BCUT2D eigenvalue weighted by molar-refractivity contribution is 6.08. The largest absolute Gasteiger partial charge is 0.507 e. The lowest BCUT2D eigenvalue weighted by Crippen LogP contribution is -2.08. The van der Waals surface area contributed by atoms with Crippen LogP contribution in [0.2, 0.25) is 0 Å². The summed E-state index contributed by atoms with van der Waals surface area (Å²) in [6, 6.07) is 9.64. The van der Waals surface area contributed by atoms with Gasteiger partial charge in [-0.25, -0.2) is 0 Å². The molecule has 0 aliphatic carbocycles. The zero-order chi connectivity index (χ0) is 13.6. The van der Waals surface area contributed by atoms with Crippen molar-refractivity contribution in [2.75, 3.05) is 0 Å². The summed E-state index contributed by atoms with van der Waals surface area (Å²) in [5, 5.41) is 12.5. The third-order valence-electron chi connectivity index (χ3n) is 3.67. The molecule has 2 N–H and O–H groups in total. The first-order valence-electron chi connectivity index (χ1n) is 6.39. The number of aryl methyl sites for hydroxylation is 1. The second kappa shape index (κ2) is 4.12. The first-order chi connectivity index (χ1) is 9.13. The number of hydrogen-bond donors (Lipinski definition) is 2. The maximum absolute atomic E-state index is 12.2. The lowest BCUT2D eigenvalue weighted by molar-refractivity contribution is 0.474. The van der Waals surface area contributed by atoms with Gasteiger partial charge < -0.3 is 10.1 Å². The Morgan fingerprint density at radius 3 is 2.68 bits per heavy atom. The second-order valence-corrected chi connectivity index (χ2v) is 4.80. The molecule has 0 aliphatic rings. The van der Waals surface area contributed by atoms with Crippen molar-refractivity contribution in [2.45, 2.75) is 20.3 Å². The molecule has 0 fully saturated rings. The van der Waals surface area contributed by atoms with E-state index in [0.717, 1.165) is 27.4 Å². The second-order valence-electron chi connectivity index (χ2n) is 4.80. The van der Waals surface area contributed by atoms with Gasteiger partial charge >= 0.3 is 0 Å². The average Bonchev–Trinajstić information content (AvgIpc) is 2.38. The van der Waals surface area contributed by atoms with E-state index in [1.54, 1.807) is 0 Å². The fraction of sp³-hybridized carbons (Fsp3) is 0.188. The molecule has 0 unspecified atom stereocenters. The summed E-state index contributed by atoms with van der Waals surface area (Å²) in [6.07, 6.45) is 0.708. The molecule has 3 aromatic rings. The molecule has 1 heterocycles. The van der Waals surface area contributed by atoms with E-state index in [9.17, 15) is 9.90 Å². The highest BCUT2D eigenvalue weighted by Crippen LogP contribution is 2.32. The van der Waals surface area contributed by atoms with Crippen LogP contribution in [0.1, 0.15) is 18.1 Å². The molecular weight excluding hydrogens is 238 g/mol. The highest BCUT2D eigenvalue weighted by Gasteiger charge is 2.14. The zero-order valence-electron chi connectivity index (χ0n) is 10.9. The van der Waals surface area contributed by atoms with Crippen LogP contribution in [-0.2, 0) is 6.42 Å². The number of fused-ring (bicyclic) bond motifs is 3. The van der Waals surface area contributed by atoms with E-state index in [0.29, 0.717) is 11.8 Å². The Balaban J connectivity index is 2.64. The number of phenols is 1. The van der Waals surface area contributed by atoms with Gasteiger partial charge in [-0.15, -0.1) is 0 Å². The summed E-state index contributed by atoms with van der Waals surface area (Å²) in [7, 11) is 0. The van der Waals surface area contributed by atoms with Crippen LogP contribution in [0.4, 0.5) is 0 Å². The fourth-order valence-electron chi connectivity index (χ4n) is 2.74. The van der Waals surface area contributed by atoms with Crippen molar-refractivity contribution < 1.29 is 5.11 Å². The number of phenolic OH excluding ortho intramolecular Hbond substituents is 1.